The Morgan fingerprint density at radius 1 is 1.14 bits per heavy atom. The average Bonchev–Trinajstić information content (AvgIpc) is 3.24. The van der Waals surface area contributed by atoms with Crippen LogP contribution in [-0.2, 0) is 4.79 Å². The van der Waals surface area contributed by atoms with Gasteiger partial charge in [-0.3, -0.25) is 9.69 Å². The molecule has 0 atom stereocenters. The van der Waals surface area contributed by atoms with Gasteiger partial charge in [0.2, 0.25) is 0 Å². The standard InChI is InChI=1S/C21H16FN3OS2/c1-2-24-20(26)18(28-21(24)27)12-15-13-25(17-6-4-3-5-7-17)23-19(15)14-8-10-16(22)11-9-14/h3-13H,2H2,1H3. The predicted octanol–water partition coefficient (Wildman–Crippen LogP) is 4.90. The number of carbonyl (C=O) groups is 1. The zero-order chi connectivity index (χ0) is 19.7. The first-order chi connectivity index (χ1) is 13.6. The number of rotatable bonds is 4. The van der Waals surface area contributed by atoms with Gasteiger partial charge in [0.1, 0.15) is 10.1 Å². The molecule has 0 aliphatic carbocycles. The number of thioether (sulfide) groups is 1. The Kier molecular flexibility index (Phi) is 5.11. The van der Waals surface area contributed by atoms with Crippen LogP contribution in [0.15, 0.2) is 65.7 Å². The van der Waals surface area contributed by atoms with Crippen LogP contribution in [-0.4, -0.2) is 31.5 Å². The van der Waals surface area contributed by atoms with E-state index in [0.29, 0.717) is 21.5 Å². The lowest BCUT2D eigenvalue weighted by atomic mass is 10.1. The molecule has 0 radical (unpaired) electrons. The van der Waals surface area contributed by atoms with E-state index >= 15 is 0 Å². The lowest BCUT2D eigenvalue weighted by Gasteiger charge is -2.09. The maximum absolute atomic E-state index is 13.4. The monoisotopic (exact) mass is 409 g/mol. The third kappa shape index (κ3) is 3.50. The Morgan fingerprint density at radius 2 is 1.86 bits per heavy atom. The minimum absolute atomic E-state index is 0.102. The molecular weight excluding hydrogens is 393 g/mol. The number of benzene rings is 2. The second kappa shape index (κ2) is 7.69. The van der Waals surface area contributed by atoms with Crippen LogP contribution in [0.3, 0.4) is 0 Å². The van der Waals surface area contributed by atoms with Crippen molar-refractivity contribution in [3.05, 3.63) is 77.1 Å². The number of thiocarbonyl (C=S) groups is 1. The maximum Gasteiger partial charge on any atom is 0.266 e. The molecule has 0 saturated carbocycles. The van der Waals surface area contributed by atoms with Crippen molar-refractivity contribution >= 4 is 40.3 Å². The van der Waals surface area contributed by atoms with E-state index < -0.39 is 0 Å². The first kappa shape index (κ1) is 18.6. The van der Waals surface area contributed by atoms with E-state index in [1.54, 1.807) is 27.8 Å². The molecule has 1 aromatic heterocycles. The fourth-order valence-corrected chi connectivity index (χ4v) is 4.33. The molecule has 1 aliphatic heterocycles. The molecule has 4 nitrogen and oxygen atoms in total. The summed E-state index contributed by atoms with van der Waals surface area (Å²) in [5.74, 6) is -0.411. The third-order valence-corrected chi connectivity index (χ3v) is 5.74. The second-order valence-electron chi connectivity index (χ2n) is 6.15. The van der Waals surface area contributed by atoms with Gasteiger partial charge in [0.05, 0.1) is 16.3 Å². The van der Waals surface area contributed by atoms with Gasteiger partial charge in [0, 0.05) is 23.9 Å². The molecular formula is C21H16FN3OS2. The number of aromatic nitrogens is 2. The van der Waals surface area contributed by atoms with Crippen LogP contribution in [0.1, 0.15) is 12.5 Å². The van der Waals surface area contributed by atoms with E-state index in [1.807, 2.05) is 43.5 Å². The lowest BCUT2D eigenvalue weighted by molar-refractivity contribution is -0.121. The molecule has 3 aromatic rings. The number of amides is 1. The van der Waals surface area contributed by atoms with Gasteiger partial charge >= 0.3 is 0 Å². The summed E-state index contributed by atoms with van der Waals surface area (Å²) in [6, 6.07) is 15.9. The highest BCUT2D eigenvalue weighted by Crippen LogP contribution is 2.34. The molecule has 28 heavy (non-hydrogen) atoms. The van der Waals surface area contributed by atoms with Crippen LogP contribution in [0.4, 0.5) is 4.39 Å². The molecule has 0 N–H and O–H groups in total. The largest absolute Gasteiger partial charge is 0.293 e. The molecule has 0 unspecified atom stereocenters. The van der Waals surface area contributed by atoms with Gasteiger partial charge < -0.3 is 0 Å². The quantitative estimate of drug-likeness (QED) is 0.454. The molecule has 7 heteroatoms. The zero-order valence-corrected chi connectivity index (χ0v) is 16.6. The highest BCUT2D eigenvalue weighted by molar-refractivity contribution is 8.26. The number of para-hydroxylation sites is 1. The summed E-state index contributed by atoms with van der Waals surface area (Å²) in [4.78, 5) is 14.7. The van der Waals surface area contributed by atoms with Crippen molar-refractivity contribution in [3.63, 3.8) is 0 Å². The number of carbonyl (C=O) groups excluding carboxylic acids is 1. The molecule has 4 rings (SSSR count). The Morgan fingerprint density at radius 3 is 2.50 bits per heavy atom. The highest BCUT2D eigenvalue weighted by atomic mass is 32.2. The molecule has 140 valence electrons. The number of halogens is 1. The average molecular weight is 410 g/mol. The van der Waals surface area contributed by atoms with Crippen LogP contribution >= 0.6 is 24.0 Å². The molecule has 1 amide bonds. The first-order valence-corrected chi connectivity index (χ1v) is 9.95. The summed E-state index contributed by atoms with van der Waals surface area (Å²) < 4.78 is 15.7. The SMILES string of the molecule is CCN1C(=O)C(=Cc2cn(-c3ccccc3)nc2-c2ccc(F)cc2)SC1=S. The molecule has 0 spiro atoms. The molecule has 1 saturated heterocycles. The summed E-state index contributed by atoms with van der Waals surface area (Å²) in [6.45, 7) is 2.43. The minimum atomic E-state index is -0.309. The van der Waals surface area contributed by atoms with Gasteiger partial charge in [-0.25, -0.2) is 9.07 Å². The van der Waals surface area contributed by atoms with Crippen LogP contribution in [0, 0.1) is 5.82 Å². The predicted molar refractivity (Wildman–Crippen MR) is 115 cm³/mol. The normalized spacial score (nSPS) is 15.6. The van der Waals surface area contributed by atoms with Crippen molar-refractivity contribution < 1.29 is 9.18 Å². The van der Waals surface area contributed by atoms with E-state index in [9.17, 15) is 9.18 Å². The summed E-state index contributed by atoms with van der Waals surface area (Å²) in [7, 11) is 0. The van der Waals surface area contributed by atoms with Crippen LogP contribution in [0.25, 0.3) is 23.0 Å². The van der Waals surface area contributed by atoms with E-state index in [0.717, 1.165) is 16.8 Å². The lowest BCUT2D eigenvalue weighted by Crippen LogP contribution is -2.27. The van der Waals surface area contributed by atoms with Gasteiger partial charge in [0.15, 0.2) is 0 Å². The summed E-state index contributed by atoms with van der Waals surface area (Å²) in [5.41, 5.74) is 3.11. The Bertz CT molecular complexity index is 1070. The van der Waals surface area contributed by atoms with E-state index in [2.05, 4.69) is 5.10 Å². The minimum Gasteiger partial charge on any atom is -0.293 e. The van der Waals surface area contributed by atoms with E-state index in [4.69, 9.17) is 12.2 Å². The third-order valence-electron chi connectivity index (χ3n) is 4.36. The fraction of sp³-hybridized carbons (Fsp3) is 0.0952. The number of nitrogens with zero attached hydrogens (tertiary/aromatic N) is 3. The fourth-order valence-electron chi connectivity index (χ4n) is 2.95. The maximum atomic E-state index is 13.4. The molecule has 1 fully saturated rings. The number of hydrogen-bond acceptors (Lipinski definition) is 4. The van der Waals surface area contributed by atoms with E-state index in [-0.39, 0.29) is 11.7 Å². The molecule has 1 aliphatic rings. The molecule has 2 heterocycles. The van der Waals surface area contributed by atoms with Crippen molar-refractivity contribution in [2.45, 2.75) is 6.92 Å². The summed E-state index contributed by atoms with van der Waals surface area (Å²) >= 11 is 6.58. The van der Waals surface area contributed by atoms with Crippen molar-refractivity contribution in [2.75, 3.05) is 6.54 Å². The van der Waals surface area contributed by atoms with Crippen molar-refractivity contribution in [2.24, 2.45) is 0 Å². The summed E-state index contributed by atoms with van der Waals surface area (Å²) in [6.07, 6.45) is 3.67. The topological polar surface area (TPSA) is 38.1 Å². The smallest absolute Gasteiger partial charge is 0.266 e. The van der Waals surface area contributed by atoms with Gasteiger partial charge in [-0.05, 0) is 49.4 Å². The Balaban J connectivity index is 1.82. The molecule has 2 aromatic carbocycles. The van der Waals surface area contributed by atoms with Crippen molar-refractivity contribution in [3.8, 4) is 16.9 Å². The van der Waals surface area contributed by atoms with Gasteiger partial charge in [-0.1, -0.05) is 42.2 Å². The Hall–Kier alpha value is -2.77. The highest BCUT2D eigenvalue weighted by Gasteiger charge is 2.31. The van der Waals surface area contributed by atoms with Gasteiger partial charge in [-0.2, -0.15) is 5.10 Å². The van der Waals surface area contributed by atoms with Crippen LogP contribution in [0.5, 0.6) is 0 Å². The number of hydrogen-bond donors (Lipinski definition) is 0. The zero-order valence-electron chi connectivity index (χ0n) is 15.0. The Labute approximate surface area is 171 Å². The van der Waals surface area contributed by atoms with Crippen molar-refractivity contribution in [1.82, 2.24) is 14.7 Å². The number of likely N-dealkylation sites (N-methyl/N-ethyl adjacent to an activating group) is 1. The summed E-state index contributed by atoms with van der Waals surface area (Å²) in [5, 5.41) is 4.69. The van der Waals surface area contributed by atoms with E-state index in [1.165, 1.54) is 23.9 Å². The van der Waals surface area contributed by atoms with Crippen molar-refractivity contribution in [1.29, 1.82) is 0 Å². The van der Waals surface area contributed by atoms with Crippen LogP contribution < -0.4 is 0 Å². The second-order valence-corrected chi connectivity index (χ2v) is 7.82. The van der Waals surface area contributed by atoms with Gasteiger partial charge in [0.25, 0.3) is 5.91 Å². The first-order valence-electron chi connectivity index (χ1n) is 8.73. The van der Waals surface area contributed by atoms with Gasteiger partial charge in [-0.15, -0.1) is 0 Å². The van der Waals surface area contributed by atoms with Crippen LogP contribution in [0.2, 0.25) is 0 Å². The molecule has 0 bridgehead atoms.